The summed E-state index contributed by atoms with van der Waals surface area (Å²) in [7, 11) is 0. The second-order valence-electron chi connectivity index (χ2n) is 7.59. The Morgan fingerprint density at radius 3 is 2.37 bits per heavy atom. The molecule has 2 aromatic carbocycles. The van der Waals surface area contributed by atoms with Gasteiger partial charge in [-0.25, -0.2) is 4.90 Å². The van der Waals surface area contributed by atoms with Crippen molar-refractivity contribution >= 4 is 39.4 Å². The Labute approximate surface area is 165 Å². The van der Waals surface area contributed by atoms with Crippen molar-refractivity contribution in [2.45, 2.75) is 26.7 Å². The smallest absolute Gasteiger partial charge is 0.324 e. The fraction of sp³-hybridized carbons (Fsp3) is 0.286. The standard InChI is InChI=1S/C21H18BrNO4/c1-11-4-7-13(8-5-11)23-18(24)16-17(21(2,3)20(23)26)14-10-12(22)6-9-15(14)27-19(16)25/h4-10,16-17H,1-3H3. The lowest BCUT2D eigenvalue weighted by atomic mass is 9.63. The van der Waals surface area contributed by atoms with Crippen LogP contribution in [0.4, 0.5) is 5.69 Å². The van der Waals surface area contributed by atoms with Crippen LogP contribution in [0.2, 0.25) is 0 Å². The quantitative estimate of drug-likeness (QED) is 0.299. The number of ether oxygens (including phenoxy) is 1. The molecule has 5 nitrogen and oxygen atoms in total. The summed E-state index contributed by atoms with van der Waals surface area (Å²) in [5.74, 6) is -2.70. The van der Waals surface area contributed by atoms with Crippen LogP contribution in [0.3, 0.4) is 0 Å². The zero-order valence-electron chi connectivity index (χ0n) is 15.2. The number of halogens is 1. The molecule has 0 bridgehead atoms. The van der Waals surface area contributed by atoms with Crippen LogP contribution in [-0.4, -0.2) is 17.8 Å². The van der Waals surface area contributed by atoms with E-state index in [1.165, 1.54) is 0 Å². The average molecular weight is 428 g/mol. The van der Waals surface area contributed by atoms with Crippen molar-refractivity contribution in [2.24, 2.45) is 11.3 Å². The van der Waals surface area contributed by atoms with Crippen molar-refractivity contribution in [2.75, 3.05) is 4.90 Å². The summed E-state index contributed by atoms with van der Waals surface area (Å²) in [5.41, 5.74) is 1.22. The van der Waals surface area contributed by atoms with E-state index in [1.807, 2.05) is 25.1 Å². The number of benzene rings is 2. The molecule has 2 aliphatic heterocycles. The van der Waals surface area contributed by atoms with E-state index in [4.69, 9.17) is 4.74 Å². The van der Waals surface area contributed by atoms with Crippen molar-refractivity contribution in [3.63, 3.8) is 0 Å². The Morgan fingerprint density at radius 2 is 1.70 bits per heavy atom. The van der Waals surface area contributed by atoms with Crippen LogP contribution >= 0.6 is 15.9 Å². The molecule has 1 saturated heterocycles. The molecular weight excluding hydrogens is 410 g/mol. The summed E-state index contributed by atoms with van der Waals surface area (Å²) in [6.07, 6.45) is 0. The lowest BCUT2D eigenvalue weighted by Crippen LogP contribution is -2.61. The van der Waals surface area contributed by atoms with Crippen LogP contribution in [0.25, 0.3) is 0 Å². The minimum atomic E-state index is -1.05. The Balaban J connectivity index is 1.88. The van der Waals surface area contributed by atoms with Crippen LogP contribution in [0.5, 0.6) is 5.75 Å². The normalized spacial score (nSPS) is 23.6. The fourth-order valence-electron chi connectivity index (χ4n) is 3.99. The molecule has 27 heavy (non-hydrogen) atoms. The van der Waals surface area contributed by atoms with E-state index in [0.29, 0.717) is 17.0 Å². The van der Waals surface area contributed by atoms with E-state index >= 15 is 0 Å². The Hall–Kier alpha value is -2.47. The number of imide groups is 1. The number of anilines is 1. The van der Waals surface area contributed by atoms with Crippen LogP contribution < -0.4 is 9.64 Å². The van der Waals surface area contributed by atoms with Crippen molar-refractivity contribution in [3.05, 3.63) is 58.1 Å². The molecule has 2 heterocycles. The van der Waals surface area contributed by atoms with Gasteiger partial charge in [-0.1, -0.05) is 47.5 Å². The molecule has 1 fully saturated rings. The molecule has 0 aromatic heterocycles. The summed E-state index contributed by atoms with van der Waals surface area (Å²) in [6, 6.07) is 12.4. The van der Waals surface area contributed by atoms with Gasteiger partial charge in [0.05, 0.1) is 11.1 Å². The van der Waals surface area contributed by atoms with E-state index in [1.54, 1.807) is 38.1 Å². The summed E-state index contributed by atoms with van der Waals surface area (Å²) >= 11 is 3.42. The van der Waals surface area contributed by atoms with Crippen molar-refractivity contribution in [1.82, 2.24) is 0 Å². The van der Waals surface area contributed by atoms with Crippen LogP contribution in [0, 0.1) is 18.3 Å². The van der Waals surface area contributed by atoms with Gasteiger partial charge in [0.2, 0.25) is 11.8 Å². The molecule has 2 unspecified atom stereocenters. The van der Waals surface area contributed by atoms with Crippen molar-refractivity contribution in [1.29, 1.82) is 0 Å². The lowest BCUT2D eigenvalue weighted by Gasteiger charge is -2.47. The van der Waals surface area contributed by atoms with Crippen LogP contribution in [0.1, 0.15) is 30.9 Å². The van der Waals surface area contributed by atoms with Gasteiger partial charge in [0.25, 0.3) is 0 Å². The molecule has 4 rings (SSSR count). The Morgan fingerprint density at radius 1 is 1.04 bits per heavy atom. The summed E-state index contributed by atoms with van der Waals surface area (Å²) in [6.45, 7) is 5.49. The molecule has 0 N–H and O–H groups in total. The monoisotopic (exact) mass is 427 g/mol. The number of piperidine rings is 1. The summed E-state index contributed by atoms with van der Waals surface area (Å²) in [4.78, 5) is 40.4. The predicted octanol–water partition coefficient (Wildman–Crippen LogP) is 3.98. The molecule has 6 heteroatoms. The number of hydrogen-bond donors (Lipinski definition) is 0. The van der Waals surface area contributed by atoms with E-state index in [0.717, 1.165) is 14.9 Å². The molecule has 2 aromatic rings. The minimum Gasteiger partial charge on any atom is -0.426 e. The maximum absolute atomic E-state index is 13.3. The zero-order valence-corrected chi connectivity index (χ0v) is 16.7. The number of nitrogens with zero attached hydrogens (tertiary/aromatic N) is 1. The van der Waals surface area contributed by atoms with Gasteiger partial charge in [0.1, 0.15) is 11.7 Å². The SMILES string of the molecule is Cc1ccc(N2C(=O)C3C(=O)Oc4ccc(Br)cc4C3C(C)(C)C2=O)cc1. The maximum atomic E-state index is 13.3. The third-order valence-corrected chi connectivity index (χ3v) is 5.91. The van der Waals surface area contributed by atoms with Gasteiger partial charge in [-0.2, -0.15) is 0 Å². The molecule has 0 aliphatic carbocycles. The first-order valence-corrected chi connectivity index (χ1v) is 9.47. The van der Waals surface area contributed by atoms with Gasteiger partial charge in [-0.05, 0) is 37.3 Å². The topological polar surface area (TPSA) is 63.7 Å². The zero-order chi connectivity index (χ0) is 19.5. The highest BCUT2D eigenvalue weighted by atomic mass is 79.9. The van der Waals surface area contributed by atoms with Crippen molar-refractivity contribution < 1.29 is 19.1 Å². The Bertz CT molecular complexity index is 980. The second-order valence-corrected chi connectivity index (χ2v) is 8.51. The first kappa shape index (κ1) is 17.9. The highest BCUT2D eigenvalue weighted by molar-refractivity contribution is 9.10. The number of rotatable bonds is 1. The van der Waals surface area contributed by atoms with Gasteiger partial charge < -0.3 is 4.74 Å². The van der Waals surface area contributed by atoms with E-state index in [9.17, 15) is 14.4 Å². The first-order valence-electron chi connectivity index (χ1n) is 8.68. The minimum absolute atomic E-state index is 0.321. The number of hydrogen-bond acceptors (Lipinski definition) is 4. The molecule has 2 aliphatic rings. The molecular formula is C21H18BrNO4. The molecule has 2 amide bonds. The van der Waals surface area contributed by atoms with Gasteiger partial charge in [-0.15, -0.1) is 0 Å². The van der Waals surface area contributed by atoms with Gasteiger partial charge >= 0.3 is 5.97 Å². The van der Waals surface area contributed by atoms with Gasteiger partial charge in [0, 0.05) is 16.0 Å². The number of carbonyl (C=O) groups excluding carboxylic acids is 3. The van der Waals surface area contributed by atoms with Crippen LogP contribution in [-0.2, 0) is 14.4 Å². The lowest BCUT2D eigenvalue weighted by molar-refractivity contribution is -0.154. The van der Waals surface area contributed by atoms with Crippen LogP contribution in [0.15, 0.2) is 46.9 Å². The number of aryl methyl sites for hydroxylation is 1. The predicted molar refractivity (Wildman–Crippen MR) is 103 cm³/mol. The van der Waals surface area contributed by atoms with E-state index < -0.39 is 29.1 Å². The van der Waals surface area contributed by atoms with Gasteiger partial charge in [0.15, 0.2) is 0 Å². The third-order valence-electron chi connectivity index (χ3n) is 5.42. The second kappa shape index (κ2) is 6.02. The number of amides is 2. The average Bonchev–Trinajstić information content (AvgIpc) is 2.61. The first-order chi connectivity index (χ1) is 12.7. The summed E-state index contributed by atoms with van der Waals surface area (Å²) < 4.78 is 6.24. The number of fused-ring (bicyclic) bond motifs is 3. The van der Waals surface area contributed by atoms with E-state index in [2.05, 4.69) is 15.9 Å². The maximum Gasteiger partial charge on any atom is 0.324 e. The number of carbonyl (C=O) groups is 3. The largest absolute Gasteiger partial charge is 0.426 e. The highest BCUT2D eigenvalue weighted by Crippen LogP contribution is 2.53. The molecule has 0 saturated carbocycles. The molecule has 0 spiro atoms. The number of esters is 1. The fourth-order valence-corrected chi connectivity index (χ4v) is 4.37. The molecule has 0 radical (unpaired) electrons. The summed E-state index contributed by atoms with van der Waals surface area (Å²) in [5, 5.41) is 0. The van der Waals surface area contributed by atoms with Gasteiger partial charge in [-0.3, -0.25) is 14.4 Å². The van der Waals surface area contributed by atoms with Crippen molar-refractivity contribution in [3.8, 4) is 5.75 Å². The molecule has 2 atom stereocenters. The van der Waals surface area contributed by atoms with E-state index in [-0.39, 0.29) is 5.91 Å². The molecule has 138 valence electrons. The third kappa shape index (κ3) is 2.62. The highest BCUT2D eigenvalue weighted by Gasteiger charge is 2.59. The Kier molecular flexibility index (Phi) is 4.00.